The summed E-state index contributed by atoms with van der Waals surface area (Å²) in [7, 11) is 1.42. The summed E-state index contributed by atoms with van der Waals surface area (Å²) in [6.45, 7) is 0. The number of ether oxygens (including phenoxy) is 1. The van der Waals surface area contributed by atoms with Gasteiger partial charge in [-0.3, -0.25) is 0 Å². The van der Waals surface area contributed by atoms with Crippen LogP contribution in [0.1, 0.15) is 33.5 Å². The van der Waals surface area contributed by atoms with Crippen LogP contribution in [0.3, 0.4) is 0 Å². The number of fused-ring (bicyclic) bond motifs is 1. The lowest BCUT2D eigenvalue weighted by atomic mass is 10.1. The molecule has 108 valence electrons. The third-order valence-electron chi connectivity index (χ3n) is 3.89. The van der Waals surface area contributed by atoms with E-state index in [4.69, 9.17) is 4.74 Å². The van der Waals surface area contributed by atoms with Gasteiger partial charge in [0, 0.05) is 10.6 Å². The van der Waals surface area contributed by atoms with Crippen LogP contribution in [0.5, 0.6) is 0 Å². The number of hydrogen-bond acceptors (Lipinski definition) is 3. The Balaban J connectivity index is 1.75. The van der Waals surface area contributed by atoms with Crippen molar-refractivity contribution in [2.45, 2.75) is 29.9 Å². The third-order valence-corrected chi connectivity index (χ3v) is 4.93. The zero-order valence-corrected chi connectivity index (χ0v) is 12.9. The maximum absolute atomic E-state index is 11.8. The van der Waals surface area contributed by atoms with E-state index in [0.29, 0.717) is 5.56 Å². The lowest BCUT2D eigenvalue weighted by Crippen LogP contribution is -2.04. The predicted octanol–water partition coefficient (Wildman–Crippen LogP) is 4.25. The standard InChI is InChI=1S/C18H18O2S/c1-20-18(19)17-8-3-2-5-15(17)12-21-16-10-9-13-6-4-7-14(13)11-16/h2-3,5,8-11H,4,6-7,12H2,1H3. The highest BCUT2D eigenvalue weighted by atomic mass is 32.2. The molecule has 2 nitrogen and oxygen atoms in total. The van der Waals surface area contributed by atoms with Crippen LogP contribution in [0, 0.1) is 0 Å². The summed E-state index contributed by atoms with van der Waals surface area (Å²) in [5, 5.41) is 0. The zero-order valence-electron chi connectivity index (χ0n) is 12.1. The van der Waals surface area contributed by atoms with Gasteiger partial charge >= 0.3 is 5.97 Å². The van der Waals surface area contributed by atoms with Crippen LogP contribution in [0.25, 0.3) is 0 Å². The average Bonchev–Trinajstić information content (AvgIpc) is 3.00. The number of aryl methyl sites for hydroxylation is 2. The first-order valence-electron chi connectivity index (χ1n) is 7.19. The number of hydrogen-bond donors (Lipinski definition) is 0. The number of carbonyl (C=O) groups excluding carboxylic acids is 1. The van der Waals surface area contributed by atoms with Crippen LogP contribution in [-0.2, 0) is 23.3 Å². The highest BCUT2D eigenvalue weighted by Gasteiger charge is 2.13. The van der Waals surface area contributed by atoms with Gasteiger partial charge in [0.25, 0.3) is 0 Å². The van der Waals surface area contributed by atoms with Gasteiger partial charge in [-0.05, 0) is 54.2 Å². The van der Waals surface area contributed by atoms with Crippen molar-refractivity contribution in [2.24, 2.45) is 0 Å². The van der Waals surface area contributed by atoms with Crippen molar-refractivity contribution in [1.82, 2.24) is 0 Å². The van der Waals surface area contributed by atoms with Gasteiger partial charge in [0.2, 0.25) is 0 Å². The monoisotopic (exact) mass is 298 g/mol. The number of rotatable bonds is 4. The Morgan fingerprint density at radius 3 is 2.81 bits per heavy atom. The molecule has 0 radical (unpaired) electrons. The van der Waals surface area contributed by atoms with Crippen LogP contribution >= 0.6 is 11.8 Å². The zero-order chi connectivity index (χ0) is 14.7. The van der Waals surface area contributed by atoms with E-state index in [9.17, 15) is 4.79 Å². The SMILES string of the molecule is COC(=O)c1ccccc1CSc1ccc2c(c1)CCC2. The molecule has 0 aromatic heterocycles. The summed E-state index contributed by atoms with van der Waals surface area (Å²) in [5.41, 5.74) is 4.67. The Morgan fingerprint density at radius 1 is 1.14 bits per heavy atom. The minimum absolute atomic E-state index is 0.264. The maximum atomic E-state index is 11.8. The molecule has 0 heterocycles. The van der Waals surface area contributed by atoms with Gasteiger partial charge in [-0.25, -0.2) is 4.79 Å². The molecule has 1 aliphatic rings. The fraction of sp³-hybridized carbons (Fsp3) is 0.278. The molecular weight excluding hydrogens is 280 g/mol. The summed E-state index contributed by atoms with van der Waals surface area (Å²) < 4.78 is 4.84. The molecule has 0 saturated heterocycles. The molecule has 0 saturated carbocycles. The lowest BCUT2D eigenvalue weighted by molar-refractivity contribution is 0.0600. The molecule has 0 spiro atoms. The quantitative estimate of drug-likeness (QED) is 0.623. The largest absolute Gasteiger partial charge is 0.465 e. The Hall–Kier alpha value is -1.74. The fourth-order valence-corrected chi connectivity index (χ4v) is 3.72. The van der Waals surface area contributed by atoms with Crippen molar-refractivity contribution in [2.75, 3.05) is 7.11 Å². The topological polar surface area (TPSA) is 26.3 Å². The molecule has 2 aromatic rings. The molecule has 0 amide bonds. The van der Waals surface area contributed by atoms with E-state index in [2.05, 4.69) is 18.2 Å². The van der Waals surface area contributed by atoms with E-state index < -0.39 is 0 Å². The first kappa shape index (κ1) is 14.2. The van der Waals surface area contributed by atoms with E-state index in [-0.39, 0.29) is 5.97 Å². The second-order valence-electron chi connectivity index (χ2n) is 5.22. The van der Waals surface area contributed by atoms with Gasteiger partial charge in [-0.1, -0.05) is 24.3 Å². The van der Waals surface area contributed by atoms with E-state index in [1.807, 2.05) is 24.3 Å². The minimum Gasteiger partial charge on any atom is -0.465 e. The highest BCUT2D eigenvalue weighted by Crippen LogP contribution is 2.30. The maximum Gasteiger partial charge on any atom is 0.338 e. The molecular formula is C18H18O2S. The molecule has 3 heteroatoms. The molecule has 0 unspecified atom stereocenters. The molecule has 0 N–H and O–H groups in total. The Kier molecular flexibility index (Phi) is 4.30. The van der Waals surface area contributed by atoms with Gasteiger partial charge in [-0.2, -0.15) is 0 Å². The second kappa shape index (κ2) is 6.35. The van der Waals surface area contributed by atoms with Gasteiger partial charge in [0.05, 0.1) is 12.7 Å². The van der Waals surface area contributed by atoms with Crippen molar-refractivity contribution in [3.05, 3.63) is 64.7 Å². The van der Waals surface area contributed by atoms with Gasteiger partial charge < -0.3 is 4.74 Å². The van der Waals surface area contributed by atoms with E-state index >= 15 is 0 Å². The predicted molar refractivity (Wildman–Crippen MR) is 85.8 cm³/mol. The molecule has 0 aliphatic heterocycles. The van der Waals surface area contributed by atoms with Crippen molar-refractivity contribution in [3.8, 4) is 0 Å². The van der Waals surface area contributed by atoms with Gasteiger partial charge in [0.15, 0.2) is 0 Å². The molecule has 3 rings (SSSR count). The molecule has 0 fully saturated rings. The number of thioether (sulfide) groups is 1. The number of carbonyl (C=O) groups is 1. The number of benzene rings is 2. The van der Waals surface area contributed by atoms with E-state index in [1.54, 1.807) is 11.8 Å². The van der Waals surface area contributed by atoms with Gasteiger partial charge in [-0.15, -0.1) is 11.8 Å². The number of methoxy groups -OCH3 is 1. The third kappa shape index (κ3) is 3.13. The Morgan fingerprint density at radius 2 is 1.95 bits per heavy atom. The van der Waals surface area contributed by atoms with E-state index in [1.165, 1.54) is 42.4 Å². The van der Waals surface area contributed by atoms with Crippen molar-refractivity contribution in [1.29, 1.82) is 0 Å². The average molecular weight is 298 g/mol. The van der Waals surface area contributed by atoms with Crippen molar-refractivity contribution < 1.29 is 9.53 Å². The first-order chi connectivity index (χ1) is 10.3. The van der Waals surface area contributed by atoms with Crippen molar-refractivity contribution >= 4 is 17.7 Å². The van der Waals surface area contributed by atoms with Crippen molar-refractivity contribution in [3.63, 3.8) is 0 Å². The first-order valence-corrected chi connectivity index (χ1v) is 8.17. The molecule has 0 bridgehead atoms. The Bertz CT molecular complexity index is 664. The summed E-state index contributed by atoms with van der Waals surface area (Å²) in [6, 6.07) is 14.4. The summed E-state index contributed by atoms with van der Waals surface area (Å²) >= 11 is 1.77. The highest BCUT2D eigenvalue weighted by molar-refractivity contribution is 7.98. The molecule has 0 atom stereocenters. The van der Waals surface area contributed by atoms with Crippen LogP contribution in [0.15, 0.2) is 47.4 Å². The molecule has 21 heavy (non-hydrogen) atoms. The number of esters is 1. The normalized spacial score (nSPS) is 13.0. The van der Waals surface area contributed by atoms with Crippen LogP contribution < -0.4 is 0 Å². The van der Waals surface area contributed by atoms with Gasteiger partial charge in [0.1, 0.15) is 0 Å². The fourth-order valence-electron chi connectivity index (χ4n) is 2.75. The minimum atomic E-state index is -0.264. The summed E-state index contributed by atoms with van der Waals surface area (Å²) in [5.74, 6) is 0.518. The molecule has 2 aromatic carbocycles. The smallest absolute Gasteiger partial charge is 0.338 e. The van der Waals surface area contributed by atoms with Crippen LogP contribution in [0.4, 0.5) is 0 Å². The lowest BCUT2D eigenvalue weighted by Gasteiger charge is -2.08. The Labute approximate surface area is 129 Å². The summed E-state index contributed by atoms with van der Waals surface area (Å²) in [4.78, 5) is 13.0. The van der Waals surface area contributed by atoms with Crippen LogP contribution in [0.2, 0.25) is 0 Å². The summed E-state index contributed by atoms with van der Waals surface area (Å²) in [6.07, 6.45) is 3.68. The molecule has 1 aliphatic carbocycles. The van der Waals surface area contributed by atoms with Crippen LogP contribution in [-0.4, -0.2) is 13.1 Å². The van der Waals surface area contributed by atoms with E-state index in [0.717, 1.165) is 11.3 Å². The second-order valence-corrected chi connectivity index (χ2v) is 6.27.